The Kier molecular flexibility index (Phi) is 7.93. The van der Waals surface area contributed by atoms with Crippen LogP contribution < -0.4 is 16.4 Å². The number of aromatic nitrogens is 3. The molecule has 0 radical (unpaired) electrons. The van der Waals surface area contributed by atoms with Gasteiger partial charge in [-0.3, -0.25) is 0 Å². The minimum absolute atomic E-state index is 0.0153. The Morgan fingerprint density at radius 3 is 1.26 bits per heavy atom. The minimum Gasteiger partial charge on any atom is -0.310 e. The van der Waals surface area contributed by atoms with Crippen LogP contribution in [0.25, 0.3) is 99.8 Å². The SMILES string of the molecule is CC(C)(C)c1ccc2c3c1c1cc(-c4ccccc4)ccc1n3-c1cc(-c3cccc(-c4ccccc4)n3)cc3c1B2c1ccc(C(C)(C)C)c2c4cc(-c5ccccc5)ccc4n-3c12. The van der Waals surface area contributed by atoms with Crippen molar-refractivity contribution in [1.29, 1.82) is 0 Å². The van der Waals surface area contributed by atoms with E-state index in [0.717, 1.165) is 22.5 Å². The van der Waals surface area contributed by atoms with Crippen LogP contribution in [0.4, 0.5) is 0 Å². The summed E-state index contributed by atoms with van der Waals surface area (Å²) in [5.41, 5.74) is 23.2. The van der Waals surface area contributed by atoms with Gasteiger partial charge in [-0.15, -0.1) is 0 Å². The van der Waals surface area contributed by atoms with Gasteiger partial charge in [-0.25, -0.2) is 4.98 Å². The lowest BCUT2D eigenvalue weighted by atomic mass is 9.34. The highest BCUT2D eigenvalue weighted by atomic mass is 15.0. The zero-order chi connectivity index (χ0) is 43.9. The summed E-state index contributed by atoms with van der Waals surface area (Å²) >= 11 is 0. The van der Waals surface area contributed by atoms with E-state index in [-0.39, 0.29) is 17.5 Å². The fraction of sp³-hybridized carbons (Fsp3) is 0.131. The predicted molar refractivity (Wildman–Crippen MR) is 277 cm³/mol. The molecule has 0 spiro atoms. The van der Waals surface area contributed by atoms with Crippen LogP contribution in [0.3, 0.4) is 0 Å². The number of fused-ring (bicyclic) bond motifs is 10. The molecule has 0 bridgehead atoms. The van der Waals surface area contributed by atoms with E-state index in [1.54, 1.807) is 0 Å². The van der Waals surface area contributed by atoms with Gasteiger partial charge in [0.1, 0.15) is 0 Å². The Hall–Kier alpha value is -7.43. The van der Waals surface area contributed by atoms with Gasteiger partial charge in [0, 0.05) is 55.1 Å². The molecule has 13 rings (SSSR count). The molecule has 310 valence electrons. The van der Waals surface area contributed by atoms with Crippen molar-refractivity contribution < 1.29 is 0 Å². The van der Waals surface area contributed by atoms with Crippen LogP contribution in [0.1, 0.15) is 52.7 Å². The number of hydrogen-bond acceptors (Lipinski definition) is 1. The Bertz CT molecular complexity index is 3560. The Morgan fingerprint density at radius 2 is 0.815 bits per heavy atom. The largest absolute Gasteiger partial charge is 0.310 e. The van der Waals surface area contributed by atoms with Crippen molar-refractivity contribution in [3.8, 4) is 56.1 Å². The summed E-state index contributed by atoms with van der Waals surface area (Å²) in [7, 11) is 0. The molecule has 2 aliphatic heterocycles. The smallest absolute Gasteiger partial charge is 0.252 e. The average Bonchev–Trinajstić information content (AvgIpc) is 3.85. The molecule has 3 nitrogen and oxygen atoms in total. The highest BCUT2D eigenvalue weighted by molar-refractivity contribution is 7.00. The van der Waals surface area contributed by atoms with E-state index < -0.39 is 0 Å². The lowest BCUT2D eigenvalue weighted by Gasteiger charge is -2.35. The Labute approximate surface area is 380 Å². The van der Waals surface area contributed by atoms with Crippen molar-refractivity contribution >= 4 is 66.7 Å². The van der Waals surface area contributed by atoms with E-state index in [9.17, 15) is 0 Å². The molecule has 0 aliphatic carbocycles. The molecular weight excluding hydrogens is 786 g/mol. The van der Waals surface area contributed by atoms with Crippen LogP contribution in [-0.2, 0) is 10.8 Å². The van der Waals surface area contributed by atoms with Gasteiger partial charge >= 0.3 is 0 Å². The molecule has 0 amide bonds. The van der Waals surface area contributed by atoms with Gasteiger partial charge in [0.25, 0.3) is 6.71 Å². The fourth-order valence-electron chi connectivity index (χ4n) is 11.5. The van der Waals surface area contributed by atoms with Crippen molar-refractivity contribution in [2.45, 2.75) is 52.4 Å². The fourth-order valence-corrected chi connectivity index (χ4v) is 11.5. The molecule has 0 atom stereocenters. The summed E-state index contributed by atoms with van der Waals surface area (Å²) < 4.78 is 5.24. The quantitative estimate of drug-likeness (QED) is 0.162. The average molecular weight is 834 g/mol. The number of rotatable bonds is 4. The number of nitrogens with zero attached hydrogens (tertiary/aromatic N) is 3. The third-order valence-corrected chi connectivity index (χ3v) is 14.4. The van der Waals surface area contributed by atoms with E-state index in [1.165, 1.54) is 105 Å². The first kappa shape index (κ1) is 38.1. The maximum atomic E-state index is 5.43. The van der Waals surface area contributed by atoms with Crippen molar-refractivity contribution in [2.75, 3.05) is 0 Å². The monoisotopic (exact) mass is 833 g/mol. The second kappa shape index (κ2) is 13.5. The van der Waals surface area contributed by atoms with E-state index in [0.29, 0.717) is 0 Å². The van der Waals surface area contributed by atoms with Gasteiger partial charge in [-0.05, 0) is 109 Å². The van der Waals surface area contributed by atoms with Crippen LogP contribution in [0.15, 0.2) is 182 Å². The van der Waals surface area contributed by atoms with Gasteiger partial charge in [0.15, 0.2) is 0 Å². The van der Waals surface area contributed by atoms with Crippen LogP contribution in [0.2, 0.25) is 0 Å². The molecule has 65 heavy (non-hydrogen) atoms. The second-order valence-electron chi connectivity index (χ2n) is 20.4. The van der Waals surface area contributed by atoms with Crippen LogP contribution in [0, 0.1) is 0 Å². The van der Waals surface area contributed by atoms with E-state index in [4.69, 9.17) is 4.98 Å². The lowest BCUT2D eigenvalue weighted by molar-refractivity contribution is 0.596. The van der Waals surface area contributed by atoms with Gasteiger partial charge in [0.2, 0.25) is 0 Å². The molecule has 0 N–H and O–H groups in total. The van der Waals surface area contributed by atoms with Gasteiger partial charge in [-0.1, -0.05) is 175 Å². The first-order valence-corrected chi connectivity index (χ1v) is 23.1. The standard InChI is InChI=1S/C61H48BN3/c1-60(2,3)45-27-29-47-58-55(45)43-33-40(37-17-10-7-11-18-37)25-31-51(43)64(58)53-35-42(50-24-16-23-49(63-50)39-21-14-9-15-22-39)36-54-57(53)62(47)48-30-28-46(61(4,5)6)56-44-34-41(38-19-12-8-13-20-38)26-32-52(44)65(54)59(48)56/h7-36H,1-6H3. The molecule has 0 saturated carbocycles. The zero-order valence-electron chi connectivity index (χ0n) is 37.7. The van der Waals surface area contributed by atoms with Gasteiger partial charge in [-0.2, -0.15) is 0 Å². The summed E-state index contributed by atoms with van der Waals surface area (Å²) in [6, 6.07) is 67.8. The van der Waals surface area contributed by atoms with Crippen molar-refractivity contribution in [3.63, 3.8) is 0 Å². The number of benzene rings is 8. The number of pyridine rings is 1. The van der Waals surface area contributed by atoms with Gasteiger partial charge < -0.3 is 9.13 Å². The zero-order valence-corrected chi connectivity index (χ0v) is 37.7. The van der Waals surface area contributed by atoms with Gasteiger partial charge in [0.05, 0.1) is 22.4 Å². The predicted octanol–water partition coefficient (Wildman–Crippen LogP) is 13.7. The minimum atomic E-state index is -0.0907. The molecule has 3 aromatic heterocycles. The van der Waals surface area contributed by atoms with Crippen molar-refractivity contribution in [1.82, 2.24) is 14.1 Å². The van der Waals surface area contributed by atoms with Crippen LogP contribution >= 0.6 is 0 Å². The Morgan fingerprint density at radius 1 is 0.385 bits per heavy atom. The third-order valence-electron chi connectivity index (χ3n) is 14.4. The molecule has 5 heterocycles. The molecule has 0 saturated heterocycles. The van der Waals surface area contributed by atoms with E-state index in [1.807, 2.05) is 0 Å². The normalized spacial score (nSPS) is 13.0. The second-order valence-corrected chi connectivity index (χ2v) is 20.4. The topological polar surface area (TPSA) is 22.8 Å². The van der Waals surface area contributed by atoms with Crippen molar-refractivity contribution in [2.24, 2.45) is 0 Å². The summed E-state index contributed by atoms with van der Waals surface area (Å²) in [6.07, 6.45) is 0. The first-order chi connectivity index (χ1) is 31.5. The summed E-state index contributed by atoms with van der Waals surface area (Å²) in [5, 5.41) is 5.29. The molecular formula is C61H48BN3. The molecule has 0 fully saturated rings. The molecule has 0 unspecified atom stereocenters. The number of hydrogen-bond donors (Lipinski definition) is 0. The maximum absolute atomic E-state index is 5.43. The third kappa shape index (κ3) is 5.53. The highest BCUT2D eigenvalue weighted by Crippen LogP contribution is 2.46. The molecule has 4 heteroatoms. The molecule has 11 aromatic rings. The molecule has 2 aliphatic rings. The van der Waals surface area contributed by atoms with Crippen LogP contribution in [-0.4, -0.2) is 20.8 Å². The van der Waals surface area contributed by atoms with E-state index >= 15 is 0 Å². The van der Waals surface area contributed by atoms with Crippen molar-refractivity contribution in [3.05, 3.63) is 193 Å². The van der Waals surface area contributed by atoms with E-state index in [2.05, 4.69) is 233 Å². The van der Waals surface area contributed by atoms with Crippen LogP contribution in [0.5, 0.6) is 0 Å². The molecule has 8 aromatic carbocycles. The summed E-state index contributed by atoms with van der Waals surface area (Å²) in [6.45, 7) is 14.2. The summed E-state index contributed by atoms with van der Waals surface area (Å²) in [4.78, 5) is 5.43. The lowest BCUT2D eigenvalue weighted by Crippen LogP contribution is -2.59. The first-order valence-electron chi connectivity index (χ1n) is 23.1. The Balaban J connectivity index is 1.20. The summed E-state index contributed by atoms with van der Waals surface area (Å²) in [5.74, 6) is 0. The maximum Gasteiger partial charge on any atom is 0.252 e. The highest BCUT2D eigenvalue weighted by Gasteiger charge is 2.43.